The molecule has 1 aromatic carbocycles. The van der Waals surface area contributed by atoms with Crippen molar-refractivity contribution >= 4 is 29.3 Å². The van der Waals surface area contributed by atoms with E-state index < -0.39 is 0 Å². The molecule has 1 N–H and O–H groups in total. The number of nitrogens with zero attached hydrogens (tertiary/aromatic N) is 3. The SMILES string of the molecule is CC1CCCN(CCCNC(=O)c2ccc(CN3C(=O)CSc4ncccc43)cc2)C1. The van der Waals surface area contributed by atoms with Crippen molar-refractivity contribution in [2.24, 2.45) is 5.92 Å². The standard InChI is InChI=1S/C24H30N4O2S/c1-18-5-3-13-27(15-18)14-4-12-25-23(30)20-9-7-19(8-10-20)16-28-21-6-2-11-26-24(21)31-17-22(28)29/h2,6-11,18H,3-5,12-17H2,1H3,(H,25,30). The van der Waals surface area contributed by atoms with E-state index in [0.29, 0.717) is 24.4 Å². The second-order valence-electron chi connectivity index (χ2n) is 8.45. The molecule has 3 heterocycles. The largest absolute Gasteiger partial charge is 0.352 e. The van der Waals surface area contributed by atoms with Gasteiger partial charge in [0.05, 0.1) is 18.0 Å². The Morgan fingerprint density at radius 1 is 1.26 bits per heavy atom. The third-order valence-corrected chi connectivity index (χ3v) is 6.89. The highest BCUT2D eigenvalue weighted by Crippen LogP contribution is 2.34. The molecule has 164 valence electrons. The first-order valence-electron chi connectivity index (χ1n) is 11.1. The first-order valence-corrected chi connectivity index (χ1v) is 12.1. The number of nitrogens with one attached hydrogen (secondary N) is 1. The fourth-order valence-corrected chi connectivity index (χ4v) is 5.13. The summed E-state index contributed by atoms with van der Waals surface area (Å²) in [5, 5.41) is 3.92. The molecule has 0 saturated carbocycles. The highest BCUT2D eigenvalue weighted by atomic mass is 32.2. The predicted molar refractivity (Wildman–Crippen MR) is 124 cm³/mol. The van der Waals surface area contributed by atoms with Gasteiger partial charge in [-0.3, -0.25) is 9.59 Å². The lowest BCUT2D eigenvalue weighted by molar-refractivity contribution is -0.116. The topological polar surface area (TPSA) is 65.5 Å². The first kappa shape index (κ1) is 21.8. The highest BCUT2D eigenvalue weighted by molar-refractivity contribution is 8.00. The molecule has 2 aliphatic heterocycles. The molecule has 0 bridgehead atoms. The van der Waals surface area contributed by atoms with E-state index in [9.17, 15) is 9.59 Å². The van der Waals surface area contributed by atoms with Crippen LogP contribution >= 0.6 is 11.8 Å². The maximum absolute atomic E-state index is 12.5. The van der Waals surface area contributed by atoms with E-state index >= 15 is 0 Å². The molecule has 1 aromatic heterocycles. The van der Waals surface area contributed by atoms with E-state index in [1.54, 1.807) is 11.1 Å². The number of benzene rings is 1. The summed E-state index contributed by atoms with van der Waals surface area (Å²) in [5.41, 5.74) is 2.50. The van der Waals surface area contributed by atoms with Crippen molar-refractivity contribution in [2.45, 2.75) is 37.8 Å². The molecular formula is C24H30N4O2S. The average molecular weight is 439 g/mol. The first-order chi connectivity index (χ1) is 15.1. The van der Waals surface area contributed by atoms with E-state index in [4.69, 9.17) is 0 Å². The lowest BCUT2D eigenvalue weighted by Gasteiger charge is -2.30. The molecule has 1 saturated heterocycles. The van der Waals surface area contributed by atoms with Crippen molar-refractivity contribution in [3.8, 4) is 0 Å². The summed E-state index contributed by atoms with van der Waals surface area (Å²) < 4.78 is 0. The number of amides is 2. The molecule has 6 nitrogen and oxygen atoms in total. The van der Waals surface area contributed by atoms with Crippen LogP contribution in [0.25, 0.3) is 0 Å². The second-order valence-corrected chi connectivity index (χ2v) is 9.41. The molecule has 0 radical (unpaired) electrons. The number of fused-ring (bicyclic) bond motifs is 1. The Morgan fingerprint density at radius 3 is 2.90 bits per heavy atom. The highest BCUT2D eigenvalue weighted by Gasteiger charge is 2.25. The van der Waals surface area contributed by atoms with E-state index in [1.807, 2.05) is 36.4 Å². The van der Waals surface area contributed by atoms with E-state index in [2.05, 4.69) is 22.1 Å². The van der Waals surface area contributed by atoms with Gasteiger partial charge in [0, 0.05) is 24.8 Å². The van der Waals surface area contributed by atoms with Crippen LogP contribution in [0.15, 0.2) is 47.6 Å². The number of hydrogen-bond acceptors (Lipinski definition) is 5. The third kappa shape index (κ3) is 5.66. The summed E-state index contributed by atoms with van der Waals surface area (Å²) in [6.45, 7) is 6.88. The van der Waals surface area contributed by atoms with Gasteiger partial charge in [0.2, 0.25) is 5.91 Å². The Morgan fingerprint density at radius 2 is 2.10 bits per heavy atom. The minimum Gasteiger partial charge on any atom is -0.352 e. The molecule has 31 heavy (non-hydrogen) atoms. The van der Waals surface area contributed by atoms with E-state index in [1.165, 1.54) is 37.7 Å². The van der Waals surface area contributed by atoms with Crippen molar-refractivity contribution in [2.75, 3.05) is 36.8 Å². The molecular weight excluding hydrogens is 408 g/mol. The molecule has 7 heteroatoms. The molecule has 0 aliphatic carbocycles. The molecule has 1 unspecified atom stereocenters. The van der Waals surface area contributed by atoms with Gasteiger partial charge in [0.25, 0.3) is 5.91 Å². The van der Waals surface area contributed by atoms with Crippen molar-refractivity contribution < 1.29 is 9.59 Å². The summed E-state index contributed by atoms with van der Waals surface area (Å²) in [7, 11) is 0. The van der Waals surface area contributed by atoms with Gasteiger partial charge in [-0.1, -0.05) is 30.8 Å². The Kier molecular flexibility index (Phi) is 7.25. The van der Waals surface area contributed by atoms with Crippen LogP contribution < -0.4 is 10.2 Å². The van der Waals surface area contributed by atoms with Gasteiger partial charge >= 0.3 is 0 Å². The van der Waals surface area contributed by atoms with Crippen LogP contribution in [0, 0.1) is 5.92 Å². The Labute approximate surface area is 188 Å². The monoisotopic (exact) mass is 438 g/mol. The number of anilines is 1. The number of pyridine rings is 1. The normalized spacial score (nSPS) is 19.2. The smallest absolute Gasteiger partial charge is 0.251 e. The van der Waals surface area contributed by atoms with Gasteiger partial charge in [-0.05, 0) is 68.1 Å². The van der Waals surface area contributed by atoms with Crippen molar-refractivity contribution in [3.63, 3.8) is 0 Å². The molecule has 1 fully saturated rings. The summed E-state index contributed by atoms with van der Waals surface area (Å²) >= 11 is 1.48. The number of piperidine rings is 1. The van der Waals surface area contributed by atoms with Gasteiger partial charge in [-0.15, -0.1) is 0 Å². The minimum absolute atomic E-state index is 0.0430. The molecule has 4 rings (SSSR count). The quantitative estimate of drug-likeness (QED) is 0.670. The zero-order valence-corrected chi connectivity index (χ0v) is 18.9. The van der Waals surface area contributed by atoms with Crippen molar-refractivity contribution in [1.29, 1.82) is 0 Å². The number of hydrogen-bond donors (Lipinski definition) is 1. The molecule has 1 atom stereocenters. The van der Waals surface area contributed by atoms with Crippen molar-refractivity contribution in [3.05, 3.63) is 53.7 Å². The Bertz CT molecular complexity index is 918. The third-order valence-electron chi connectivity index (χ3n) is 5.91. The van der Waals surface area contributed by atoms with Crippen LogP contribution in [-0.2, 0) is 11.3 Å². The zero-order chi connectivity index (χ0) is 21.6. The molecule has 2 aromatic rings. The summed E-state index contributed by atoms with van der Waals surface area (Å²) in [6, 6.07) is 11.3. The maximum atomic E-state index is 12.5. The Hall–Kier alpha value is -2.38. The number of rotatable bonds is 7. The summed E-state index contributed by atoms with van der Waals surface area (Å²) in [5.74, 6) is 1.22. The fourth-order valence-electron chi connectivity index (χ4n) is 4.26. The van der Waals surface area contributed by atoms with E-state index in [-0.39, 0.29) is 11.8 Å². The number of aromatic nitrogens is 1. The van der Waals surface area contributed by atoms with Crippen LogP contribution in [-0.4, -0.2) is 53.6 Å². The fraction of sp³-hybridized carbons (Fsp3) is 0.458. The number of thioether (sulfide) groups is 1. The number of carbonyl (C=O) groups is 2. The van der Waals surface area contributed by atoms with Crippen LogP contribution in [0.2, 0.25) is 0 Å². The Balaban J connectivity index is 1.27. The van der Waals surface area contributed by atoms with Gasteiger partial charge in [-0.25, -0.2) is 4.98 Å². The molecule has 2 aliphatic rings. The molecule has 0 spiro atoms. The summed E-state index contributed by atoms with van der Waals surface area (Å²) in [4.78, 5) is 33.5. The lowest BCUT2D eigenvalue weighted by Crippen LogP contribution is -2.36. The van der Waals surface area contributed by atoms with E-state index in [0.717, 1.165) is 35.2 Å². The average Bonchev–Trinajstić information content (AvgIpc) is 2.79. The minimum atomic E-state index is -0.0430. The predicted octanol–water partition coefficient (Wildman–Crippen LogP) is 3.57. The maximum Gasteiger partial charge on any atom is 0.251 e. The van der Waals surface area contributed by atoms with Crippen LogP contribution in [0.1, 0.15) is 42.1 Å². The molecule has 2 amide bonds. The van der Waals surface area contributed by atoms with Crippen molar-refractivity contribution in [1.82, 2.24) is 15.2 Å². The number of likely N-dealkylation sites (tertiary alicyclic amines) is 1. The lowest BCUT2D eigenvalue weighted by atomic mass is 10.0. The van der Waals surface area contributed by atoms with Gasteiger partial charge in [-0.2, -0.15) is 0 Å². The van der Waals surface area contributed by atoms with Gasteiger partial charge < -0.3 is 15.1 Å². The van der Waals surface area contributed by atoms with Crippen LogP contribution in [0.3, 0.4) is 0 Å². The van der Waals surface area contributed by atoms with Crippen LogP contribution in [0.4, 0.5) is 5.69 Å². The second kappa shape index (κ2) is 10.3. The zero-order valence-electron chi connectivity index (χ0n) is 18.0. The van der Waals surface area contributed by atoms with Gasteiger partial charge in [0.15, 0.2) is 0 Å². The van der Waals surface area contributed by atoms with Crippen LogP contribution in [0.5, 0.6) is 0 Å². The number of carbonyl (C=O) groups excluding carboxylic acids is 2. The van der Waals surface area contributed by atoms with Gasteiger partial charge in [0.1, 0.15) is 5.03 Å². The summed E-state index contributed by atoms with van der Waals surface area (Å²) in [6.07, 6.45) is 5.33.